The lowest BCUT2D eigenvalue weighted by Gasteiger charge is -2.15. The highest BCUT2D eigenvalue weighted by Gasteiger charge is 2.46. The zero-order chi connectivity index (χ0) is 10.4. The maximum atomic E-state index is 9.26. The minimum atomic E-state index is -0.0382. The quantitative estimate of drug-likeness (QED) is 0.753. The van der Waals surface area contributed by atoms with Gasteiger partial charge < -0.3 is 10.1 Å². The van der Waals surface area contributed by atoms with Gasteiger partial charge in [-0.15, -0.1) is 0 Å². The smallest absolute Gasteiger partial charge is 0.114 e. The molecule has 0 unspecified atom stereocenters. The molecule has 0 atom stereocenters. The van der Waals surface area contributed by atoms with Gasteiger partial charge in [-0.1, -0.05) is 20.8 Å². The Hall–Kier alpha value is -0.830. The molecule has 0 saturated heterocycles. The highest BCUT2D eigenvalue weighted by atomic mass is 16.3. The second-order valence-corrected chi connectivity index (χ2v) is 5.33. The molecule has 0 amide bonds. The average molecular weight is 194 g/mol. The van der Waals surface area contributed by atoms with Crippen LogP contribution in [0.1, 0.15) is 45.1 Å². The van der Waals surface area contributed by atoms with Gasteiger partial charge in [0.25, 0.3) is 0 Å². The molecular formula is C11H18N2O. The number of nitrogens with zero attached hydrogens (tertiary/aromatic N) is 1. The first kappa shape index (κ1) is 9.71. The second kappa shape index (κ2) is 2.83. The predicted molar refractivity (Wildman–Crippen MR) is 55.3 cm³/mol. The Labute approximate surface area is 84.6 Å². The van der Waals surface area contributed by atoms with Gasteiger partial charge >= 0.3 is 0 Å². The molecule has 78 valence electrons. The van der Waals surface area contributed by atoms with Crippen LogP contribution >= 0.6 is 0 Å². The monoisotopic (exact) mass is 194 g/mol. The Morgan fingerprint density at radius 1 is 1.50 bits per heavy atom. The Kier molecular flexibility index (Phi) is 1.96. The van der Waals surface area contributed by atoms with Crippen LogP contribution < -0.4 is 0 Å². The first-order valence-electron chi connectivity index (χ1n) is 5.15. The molecule has 1 fully saturated rings. The van der Waals surface area contributed by atoms with Crippen molar-refractivity contribution in [2.45, 2.75) is 44.4 Å². The molecule has 0 aromatic carbocycles. The van der Waals surface area contributed by atoms with Crippen molar-refractivity contribution in [1.29, 1.82) is 0 Å². The van der Waals surface area contributed by atoms with Crippen molar-refractivity contribution >= 4 is 0 Å². The number of hydrogen-bond donors (Lipinski definition) is 2. The van der Waals surface area contributed by atoms with Gasteiger partial charge in [0.2, 0.25) is 0 Å². The minimum absolute atomic E-state index is 0.0382. The van der Waals surface area contributed by atoms with E-state index in [9.17, 15) is 5.11 Å². The summed E-state index contributed by atoms with van der Waals surface area (Å²) in [7, 11) is 0. The van der Waals surface area contributed by atoms with E-state index in [0.717, 1.165) is 24.4 Å². The number of rotatable bonds is 2. The van der Waals surface area contributed by atoms with Crippen molar-refractivity contribution < 1.29 is 5.11 Å². The van der Waals surface area contributed by atoms with Crippen LogP contribution in [0.3, 0.4) is 0 Å². The standard InChI is InChI=1S/C11H18N2O/c1-10(2,3)8-6-12-9(13-8)11(7-14)4-5-11/h6,14H,4-5,7H2,1-3H3,(H,12,13). The average Bonchev–Trinajstić information content (AvgIpc) is 2.73. The summed E-state index contributed by atoms with van der Waals surface area (Å²) in [4.78, 5) is 7.71. The molecule has 1 aliphatic rings. The lowest BCUT2D eigenvalue weighted by Crippen LogP contribution is -2.16. The number of H-pyrrole nitrogens is 1. The third kappa shape index (κ3) is 1.46. The molecule has 0 aliphatic heterocycles. The third-order valence-electron chi connectivity index (χ3n) is 3.04. The Balaban J connectivity index is 2.27. The van der Waals surface area contributed by atoms with E-state index >= 15 is 0 Å². The highest BCUT2D eigenvalue weighted by molar-refractivity contribution is 5.22. The summed E-state index contributed by atoms with van der Waals surface area (Å²) < 4.78 is 0. The van der Waals surface area contributed by atoms with Gasteiger partial charge in [0, 0.05) is 17.3 Å². The zero-order valence-corrected chi connectivity index (χ0v) is 9.09. The SMILES string of the molecule is CC(C)(C)c1cnc(C2(CO)CC2)[nH]1. The predicted octanol–water partition coefficient (Wildman–Crippen LogP) is 1.73. The number of imidazole rings is 1. The number of nitrogens with one attached hydrogen (secondary N) is 1. The number of aliphatic hydroxyl groups excluding tert-OH is 1. The van der Waals surface area contributed by atoms with E-state index in [0.29, 0.717) is 0 Å². The van der Waals surface area contributed by atoms with Crippen LogP contribution in [0.5, 0.6) is 0 Å². The lowest BCUT2D eigenvalue weighted by molar-refractivity contribution is 0.250. The van der Waals surface area contributed by atoms with E-state index in [1.54, 1.807) is 0 Å². The van der Waals surface area contributed by atoms with Crippen LogP contribution in [0.4, 0.5) is 0 Å². The first-order chi connectivity index (χ1) is 6.48. The van der Waals surface area contributed by atoms with E-state index < -0.39 is 0 Å². The highest BCUT2D eigenvalue weighted by Crippen LogP contribution is 2.46. The molecule has 3 heteroatoms. The topological polar surface area (TPSA) is 48.9 Å². The summed E-state index contributed by atoms with van der Waals surface area (Å²) in [6.45, 7) is 6.68. The van der Waals surface area contributed by atoms with E-state index in [1.807, 2.05) is 6.20 Å². The summed E-state index contributed by atoms with van der Waals surface area (Å²) in [6, 6.07) is 0. The van der Waals surface area contributed by atoms with Gasteiger partial charge in [-0.05, 0) is 12.8 Å². The van der Waals surface area contributed by atoms with Crippen molar-refractivity contribution in [2.24, 2.45) is 0 Å². The van der Waals surface area contributed by atoms with Crippen molar-refractivity contribution in [3.05, 3.63) is 17.7 Å². The summed E-state index contributed by atoms with van der Waals surface area (Å²) in [5, 5.41) is 9.26. The maximum absolute atomic E-state index is 9.26. The number of hydrogen-bond acceptors (Lipinski definition) is 2. The molecule has 1 aliphatic carbocycles. The first-order valence-corrected chi connectivity index (χ1v) is 5.15. The van der Waals surface area contributed by atoms with Gasteiger partial charge in [-0.25, -0.2) is 4.98 Å². The van der Waals surface area contributed by atoms with Crippen LogP contribution in [0.15, 0.2) is 6.20 Å². The van der Waals surface area contributed by atoms with Gasteiger partial charge in [-0.3, -0.25) is 0 Å². The Bertz CT molecular complexity index is 331. The molecule has 1 heterocycles. The number of aliphatic hydroxyl groups is 1. The maximum Gasteiger partial charge on any atom is 0.114 e. The molecule has 1 aromatic heterocycles. The summed E-state index contributed by atoms with van der Waals surface area (Å²) >= 11 is 0. The second-order valence-electron chi connectivity index (χ2n) is 5.33. The fraction of sp³-hybridized carbons (Fsp3) is 0.727. The fourth-order valence-corrected chi connectivity index (χ4v) is 1.59. The zero-order valence-electron chi connectivity index (χ0n) is 9.09. The van der Waals surface area contributed by atoms with Gasteiger partial charge in [0.05, 0.1) is 12.0 Å². The Morgan fingerprint density at radius 3 is 2.50 bits per heavy atom. The molecule has 0 bridgehead atoms. The fourth-order valence-electron chi connectivity index (χ4n) is 1.59. The molecule has 14 heavy (non-hydrogen) atoms. The molecule has 0 radical (unpaired) electrons. The summed E-state index contributed by atoms with van der Waals surface area (Å²) in [6.07, 6.45) is 4.01. The molecule has 2 N–H and O–H groups in total. The largest absolute Gasteiger partial charge is 0.395 e. The van der Waals surface area contributed by atoms with E-state index in [1.165, 1.54) is 0 Å². The number of aromatic amines is 1. The minimum Gasteiger partial charge on any atom is -0.395 e. The summed E-state index contributed by atoms with van der Waals surface area (Å²) in [5.41, 5.74) is 1.22. The summed E-state index contributed by atoms with van der Waals surface area (Å²) in [5.74, 6) is 0.963. The van der Waals surface area contributed by atoms with Crippen LogP contribution in [-0.4, -0.2) is 21.7 Å². The van der Waals surface area contributed by atoms with Crippen LogP contribution in [0, 0.1) is 0 Å². The molecule has 2 rings (SSSR count). The lowest BCUT2D eigenvalue weighted by atomic mass is 9.93. The van der Waals surface area contributed by atoms with Gasteiger partial charge in [0.15, 0.2) is 0 Å². The molecule has 1 saturated carbocycles. The van der Waals surface area contributed by atoms with Gasteiger partial charge in [-0.2, -0.15) is 0 Å². The molecule has 0 spiro atoms. The third-order valence-corrected chi connectivity index (χ3v) is 3.04. The van der Waals surface area contributed by atoms with Crippen molar-refractivity contribution in [2.75, 3.05) is 6.61 Å². The van der Waals surface area contributed by atoms with Crippen molar-refractivity contribution in [3.63, 3.8) is 0 Å². The van der Waals surface area contributed by atoms with E-state index in [2.05, 4.69) is 30.7 Å². The van der Waals surface area contributed by atoms with Crippen LogP contribution in [0.25, 0.3) is 0 Å². The van der Waals surface area contributed by atoms with Crippen LogP contribution in [0.2, 0.25) is 0 Å². The van der Waals surface area contributed by atoms with Gasteiger partial charge in [0.1, 0.15) is 5.82 Å². The Morgan fingerprint density at radius 2 is 2.14 bits per heavy atom. The van der Waals surface area contributed by atoms with Crippen molar-refractivity contribution in [3.8, 4) is 0 Å². The van der Waals surface area contributed by atoms with E-state index in [-0.39, 0.29) is 17.4 Å². The molecule has 3 nitrogen and oxygen atoms in total. The molecule has 1 aromatic rings. The van der Waals surface area contributed by atoms with E-state index in [4.69, 9.17) is 0 Å². The normalized spacial score (nSPS) is 19.7. The number of aromatic nitrogens is 2. The van der Waals surface area contributed by atoms with Crippen LogP contribution in [-0.2, 0) is 10.8 Å². The molecular weight excluding hydrogens is 176 g/mol. The van der Waals surface area contributed by atoms with Crippen molar-refractivity contribution in [1.82, 2.24) is 9.97 Å².